The smallest absolute Gasteiger partial charge is 0.289 e. The minimum absolute atomic E-state index is 0.108. The maximum atomic E-state index is 13.5. The Hall–Kier alpha value is -1.51. The molecular weight excluding hydrogens is 384 g/mol. The molecule has 170 valence electrons. The molecule has 0 bridgehead atoms. The van der Waals surface area contributed by atoms with Gasteiger partial charge < -0.3 is 15.4 Å². The van der Waals surface area contributed by atoms with Crippen LogP contribution in [-0.4, -0.2) is 66.5 Å². The topological polar surface area (TPSA) is 99.8 Å². The highest BCUT2D eigenvalue weighted by Gasteiger charge is 2.43. The van der Waals surface area contributed by atoms with Gasteiger partial charge in [0, 0.05) is 19.1 Å². The van der Waals surface area contributed by atoms with Crippen molar-refractivity contribution < 1.29 is 19.1 Å². The van der Waals surface area contributed by atoms with Crippen molar-refractivity contribution in [3.63, 3.8) is 0 Å². The summed E-state index contributed by atoms with van der Waals surface area (Å²) in [7, 11) is 0. The average Bonchev–Trinajstić information content (AvgIpc) is 2.74. The number of carbonyl (C=O) groups is 3. The molecule has 2 amide bonds. The summed E-state index contributed by atoms with van der Waals surface area (Å²) in [5, 5.41) is 7.87. The number of morpholine rings is 1. The van der Waals surface area contributed by atoms with Crippen LogP contribution in [0.2, 0.25) is 0 Å². The number of amides is 2. The van der Waals surface area contributed by atoms with Crippen molar-refractivity contribution >= 4 is 17.6 Å². The number of carbonyl (C=O) groups excluding carboxylic acids is 3. The summed E-state index contributed by atoms with van der Waals surface area (Å²) >= 11 is 0. The molecule has 3 aliphatic rings. The Balaban J connectivity index is 1.67. The van der Waals surface area contributed by atoms with Crippen LogP contribution in [0.15, 0.2) is 0 Å². The van der Waals surface area contributed by atoms with Crippen molar-refractivity contribution in [3.8, 4) is 0 Å². The van der Waals surface area contributed by atoms with E-state index in [1.54, 1.807) is 0 Å². The highest BCUT2D eigenvalue weighted by Crippen LogP contribution is 2.29. The van der Waals surface area contributed by atoms with Crippen LogP contribution < -0.4 is 16.1 Å². The van der Waals surface area contributed by atoms with Crippen LogP contribution in [0, 0.1) is 0 Å². The number of rotatable bonds is 10. The first kappa shape index (κ1) is 23.2. The summed E-state index contributed by atoms with van der Waals surface area (Å²) in [6.45, 7) is 4.79. The number of ketones is 1. The van der Waals surface area contributed by atoms with E-state index in [0.717, 1.165) is 77.3 Å². The Morgan fingerprint density at radius 1 is 1.07 bits per heavy atom. The van der Waals surface area contributed by atoms with Crippen LogP contribution in [0.5, 0.6) is 0 Å². The normalized spacial score (nSPS) is 23.2. The Labute approximate surface area is 179 Å². The molecule has 0 spiro atoms. The number of unbranched alkanes of at least 4 members (excludes halogenated alkanes) is 1. The molecule has 1 atom stereocenters. The van der Waals surface area contributed by atoms with Crippen LogP contribution in [0.25, 0.3) is 0 Å². The fourth-order valence-electron chi connectivity index (χ4n) is 4.46. The monoisotopic (exact) mass is 422 g/mol. The van der Waals surface area contributed by atoms with Crippen LogP contribution >= 0.6 is 0 Å². The fraction of sp³-hybridized carbons (Fsp3) is 0.864. The van der Waals surface area contributed by atoms with Crippen molar-refractivity contribution in [3.05, 3.63) is 0 Å². The van der Waals surface area contributed by atoms with Crippen LogP contribution in [0.1, 0.15) is 77.6 Å². The van der Waals surface area contributed by atoms with E-state index < -0.39 is 23.3 Å². The van der Waals surface area contributed by atoms with Gasteiger partial charge in [0.05, 0.1) is 19.3 Å². The van der Waals surface area contributed by atoms with Crippen molar-refractivity contribution in [2.75, 3.05) is 26.3 Å². The van der Waals surface area contributed by atoms with Crippen molar-refractivity contribution in [2.45, 2.75) is 95.2 Å². The lowest BCUT2D eigenvalue weighted by atomic mass is 9.81. The molecule has 1 heterocycles. The van der Waals surface area contributed by atoms with E-state index in [4.69, 9.17) is 4.74 Å². The number of hydrogen-bond donors (Lipinski definition) is 3. The molecule has 0 aromatic heterocycles. The van der Waals surface area contributed by atoms with E-state index in [-0.39, 0.29) is 11.9 Å². The third-order valence-electron chi connectivity index (χ3n) is 6.66. The van der Waals surface area contributed by atoms with E-state index in [2.05, 4.69) is 21.1 Å². The summed E-state index contributed by atoms with van der Waals surface area (Å²) in [6.07, 6.45) is 9.66. The van der Waals surface area contributed by atoms with Gasteiger partial charge in [0.25, 0.3) is 5.91 Å². The first-order chi connectivity index (χ1) is 14.5. The van der Waals surface area contributed by atoms with Gasteiger partial charge in [0.1, 0.15) is 5.54 Å². The number of Topliss-reactive ketones (excluding diaryl/α,β-unsaturated/α-hetero) is 1. The number of nitrogens with one attached hydrogen (secondary N) is 3. The summed E-state index contributed by atoms with van der Waals surface area (Å²) in [5.74, 6) is -1.22. The number of hydrogen-bond acceptors (Lipinski definition) is 6. The fourth-order valence-corrected chi connectivity index (χ4v) is 4.46. The van der Waals surface area contributed by atoms with Crippen LogP contribution in [0.4, 0.5) is 0 Å². The van der Waals surface area contributed by atoms with E-state index in [1.165, 1.54) is 0 Å². The number of hydrazine groups is 1. The molecule has 0 radical (unpaired) electrons. The molecule has 0 unspecified atom stereocenters. The molecule has 1 saturated heterocycles. The van der Waals surface area contributed by atoms with Crippen molar-refractivity contribution in [1.82, 2.24) is 21.1 Å². The molecule has 3 rings (SSSR count). The molecular formula is C22H38N4O4. The molecule has 1 aliphatic heterocycles. The standard InChI is InChI=1S/C22H38N4O4/c1-2-3-10-18(19(27)20(28)23-17-8-7-9-17)24-21(29)22(11-5-4-6-12-22)25-26-13-15-30-16-14-26/h17-18,25H,2-16H2,1H3,(H,23,28)(H,24,29)/t18-/m0/s1. The van der Waals surface area contributed by atoms with Gasteiger partial charge in [0.2, 0.25) is 11.7 Å². The van der Waals surface area contributed by atoms with Gasteiger partial charge >= 0.3 is 0 Å². The Morgan fingerprint density at radius 2 is 1.77 bits per heavy atom. The second kappa shape index (κ2) is 11.2. The summed E-state index contributed by atoms with van der Waals surface area (Å²) in [6, 6.07) is -0.653. The van der Waals surface area contributed by atoms with Crippen molar-refractivity contribution in [2.24, 2.45) is 0 Å². The highest BCUT2D eigenvalue weighted by molar-refractivity contribution is 6.38. The largest absolute Gasteiger partial charge is 0.379 e. The van der Waals surface area contributed by atoms with Gasteiger partial charge in [-0.2, -0.15) is 0 Å². The summed E-state index contributed by atoms with van der Waals surface area (Å²) in [4.78, 5) is 38.8. The zero-order valence-electron chi connectivity index (χ0n) is 18.3. The minimum atomic E-state index is -0.761. The lowest BCUT2D eigenvalue weighted by Crippen LogP contribution is -2.66. The van der Waals surface area contributed by atoms with Gasteiger partial charge in [-0.15, -0.1) is 0 Å². The van der Waals surface area contributed by atoms with E-state index in [1.807, 2.05) is 6.92 Å². The van der Waals surface area contributed by atoms with Gasteiger partial charge in [-0.1, -0.05) is 39.0 Å². The minimum Gasteiger partial charge on any atom is -0.379 e. The molecule has 0 aromatic rings. The third-order valence-corrected chi connectivity index (χ3v) is 6.66. The van der Waals surface area contributed by atoms with E-state index in [9.17, 15) is 14.4 Å². The lowest BCUT2D eigenvalue weighted by molar-refractivity contribution is -0.142. The predicted molar refractivity (Wildman–Crippen MR) is 114 cm³/mol. The van der Waals surface area contributed by atoms with Gasteiger partial charge in [-0.25, -0.2) is 10.4 Å². The Kier molecular flexibility index (Phi) is 8.65. The number of nitrogens with zero attached hydrogens (tertiary/aromatic N) is 1. The average molecular weight is 423 g/mol. The van der Waals surface area contributed by atoms with Crippen molar-refractivity contribution in [1.29, 1.82) is 0 Å². The first-order valence-corrected chi connectivity index (χ1v) is 11.8. The first-order valence-electron chi connectivity index (χ1n) is 11.8. The SMILES string of the molecule is CCCC[C@H](NC(=O)C1(NN2CCOCC2)CCCCC1)C(=O)C(=O)NC1CCC1. The zero-order chi connectivity index (χ0) is 21.4. The Bertz CT molecular complexity index is 596. The Morgan fingerprint density at radius 3 is 2.37 bits per heavy atom. The maximum Gasteiger partial charge on any atom is 0.289 e. The van der Waals surface area contributed by atoms with Crippen LogP contribution in [0.3, 0.4) is 0 Å². The summed E-state index contributed by atoms with van der Waals surface area (Å²) < 4.78 is 5.42. The summed E-state index contributed by atoms with van der Waals surface area (Å²) in [5.41, 5.74) is 2.76. The van der Waals surface area contributed by atoms with Gasteiger partial charge in [0.15, 0.2) is 0 Å². The predicted octanol–water partition coefficient (Wildman–Crippen LogP) is 1.44. The van der Waals surface area contributed by atoms with Crippen LogP contribution in [-0.2, 0) is 19.1 Å². The molecule has 3 N–H and O–H groups in total. The molecule has 0 aromatic carbocycles. The highest BCUT2D eigenvalue weighted by atomic mass is 16.5. The molecule has 8 nitrogen and oxygen atoms in total. The maximum absolute atomic E-state index is 13.5. The number of ether oxygens (including phenoxy) is 1. The third kappa shape index (κ3) is 6.02. The van der Waals surface area contributed by atoms with Gasteiger partial charge in [-0.3, -0.25) is 14.4 Å². The second-order valence-electron chi connectivity index (χ2n) is 8.99. The lowest BCUT2D eigenvalue weighted by Gasteiger charge is -2.42. The zero-order valence-corrected chi connectivity index (χ0v) is 18.3. The van der Waals surface area contributed by atoms with E-state index in [0.29, 0.717) is 19.6 Å². The molecule has 2 aliphatic carbocycles. The molecule has 8 heteroatoms. The second-order valence-corrected chi connectivity index (χ2v) is 8.99. The van der Waals surface area contributed by atoms with Gasteiger partial charge in [-0.05, 0) is 38.5 Å². The molecule has 3 fully saturated rings. The molecule has 2 saturated carbocycles. The molecule has 30 heavy (non-hydrogen) atoms. The quantitative estimate of drug-likeness (QED) is 0.461. The van der Waals surface area contributed by atoms with E-state index >= 15 is 0 Å².